The van der Waals surface area contributed by atoms with Gasteiger partial charge >= 0.3 is 5.97 Å². The molecule has 0 saturated heterocycles. The van der Waals surface area contributed by atoms with Crippen molar-refractivity contribution in [2.45, 2.75) is 77.5 Å². The summed E-state index contributed by atoms with van der Waals surface area (Å²) >= 11 is 0. The fourth-order valence-corrected chi connectivity index (χ4v) is 3.23. The van der Waals surface area contributed by atoms with Gasteiger partial charge in [-0.1, -0.05) is 40.5 Å². The second-order valence-corrected chi connectivity index (χ2v) is 8.70. The van der Waals surface area contributed by atoms with Crippen molar-refractivity contribution in [3.05, 3.63) is 18.2 Å². The molecule has 0 fully saturated rings. The first-order valence-electron chi connectivity index (χ1n) is 11.6. The summed E-state index contributed by atoms with van der Waals surface area (Å²) in [7, 11) is 0. The Morgan fingerprint density at radius 1 is 0.971 bits per heavy atom. The molecule has 0 saturated carbocycles. The quantitative estimate of drug-likeness (QED) is 0.156. The van der Waals surface area contributed by atoms with Crippen LogP contribution in [-0.2, 0) is 30.4 Å². The lowest BCUT2D eigenvalue weighted by Gasteiger charge is -2.26. The number of carboxylic acid groups (broad SMARTS) is 1. The van der Waals surface area contributed by atoms with Crippen LogP contribution in [0.5, 0.6) is 0 Å². The van der Waals surface area contributed by atoms with E-state index in [-0.39, 0.29) is 12.3 Å². The Bertz CT molecular complexity index is 876. The van der Waals surface area contributed by atoms with E-state index in [1.165, 1.54) is 12.5 Å². The fraction of sp³-hybridized carbons (Fsp3) is 0.636. The summed E-state index contributed by atoms with van der Waals surface area (Å²) in [6.07, 6.45) is 3.42. The van der Waals surface area contributed by atoms with Crippen molar-refractivity contribution < 1.29 is 29.1 Å². The third kappa shape index (κ3) is 9.35. The molecule has 6 atom stereocenters. The maximum absolute atomic E-state index is 13.1. The number of hydrogen-bond acceptors (Lipinski definition) is 7. The number of imidazole rings is 1. The second kappa shape index (κ2) is 14.0. The molecule has 0 aliphatic rings. The van der Waals surface area contributed by atoms with Crippen molar-refractivity contribution in [1.82, 2.24) is 25.9 Å². The highest BCUT2D eigenvalue weighted by molar-refractivity contribution is 5.96. The molecule has 0 bridgehead atoms. The summed E-state index contributed by atoms with van der Waals surface area (Å²) in [6, 6.07) is -4.70. The lowest BCUT2D eigenvalue weighted by atomic mass is 9.98. The van der Waals surface area contributed by atoms with E-state index in [4.69, 9.17) is 11.5 Å². The molecule has 13 heteroatoms. The van der Waals surface area contributed by atoms with Crippen LogP contribution in [0.2, 0.25) is 0 Å². The minimum Gasteiger partial charge on any atom is -0.480 e. The zero-order chi connectivity index (χ0) is 26.7. The number of amides is 4. The predicted octanol–water partition coefficient (Wildman–Crippen LogP) is -1.21. The standard InChI is InChI=1S/C22H37N7O6/c1-5-11(3)17(24)21(33)28-14(7-13-9-25-10-26-13)19(31)27-15(8-16(23)30)20(32)29-18(22(34)35)12(4)6-2/h9-12,14-15,17-18H,5-8,24H2,1-4H3,(H2,23,30)(H,25,26)(H,27,31)(H,28,33)(H,29,32)(H,34,35). The van der Waals surface area contributed by atoms with E-state index in [2.05, 4.69) is 25.9 Å². The van der Waals surface area contributed by atoms with Gasteiger partial charge in [-0.3, -0.25) is 19.2 Å². The highest BCUT2D eigenvalue weighted by atomic mass is 16.4. The monoisotopic (exact) mass is 495 g/mol. The maximum Gasteiger partial charge on any atom is 0.326 e. The molecule has 1 aromatic rings. The van der Waals surface area contributed by atoms with Crippen molar-refractivity contribution in [3.63, 3.8) is 0 Å². The van der Waals surface area contributed by atoms with Gasteiger partial charge in [0.1, 0.15) is 18.1 Å². The minimum absolute atomic E-state index is 0.000327. The first-order valence-corrected chi connectivity index (χ1v) is 11.6. The molecular formula is C22H37N7O6. The van der Waals surface area contributed by atoms with Gasteiger partial charge in [-0.05, 0) is 11.8 Å². The normalized spacial score (nSPS) is 16.1. The molecule has 0 aliphatic carbocycles. The Morgan fingerprint density at radius 2 is 1.54 bits per heavy atom. The molecule has 4 amide bonds. The number of aromatic amines is 1. The topological polar surface area (TPSA) is 222 Å². The molecule has 6 unspecified atom stereocenters. The number of carbonyl (C=O) groups is 5. The summed E-state index contributed by atoms with van der Waals surface area (Å²) in [5.74, 6) is -4.90. The molecule has 0 aliphatic heterocycles. The van der Waals surface area contributed by atoms with E-state index in [0.29, 0.717) is 18.5 Å². The van der Waals surface area contributed by atoms with Crippen LogP contribution in [0.15, 0.2) is 12.5 Å². The molecule has 1 aromatic heterocycles. The lowest BCUT2D eigenvalue weighted by Crippen LogP contribution is -2.59. The van der Waals surface area contributed by atoms with Crippen LogP contribution in [0.25, 0.3) is 0 Å². The smallest absolute Gasteiger partial charge is 0.326 e. The number of H-pyrrole nitrogens is 1. The zero-order valence-corrected chi connectivity index (χ0v) is 20.5. The summed E-state index contributed by atoms with van der Waals surface area (Å²) in [6.45, 7) is 7.10. The van der Waals surface area contributed by atoms with Crippen LogP contribution in [0.3, 0.4) is 0 Å². The number of nitrogens with one attached hydrogen (secondary N) is 4. The second-order valence-electron chi connectivity index (χ2n) is 8.70. The van der Waals surface area contributed by atoms with Crippen molar-refractivity contribution in [3.8, 4) is 0 Å². The molecule has 1 rings (SSSR count). The van der Waals surface area contributed by atoms with Crippen LogP contribution < -0.4 is 27.4 Å². The van der Waals surface area contributed by atoms with Crippen molar-refractivity contribution in [2.75, 3.05) is 0 Å². The summed E-state index contributed by atoms with van der Waals surface area (Å²) in [5, 5.41) is 16.8. The van der Waals surface area contributed by atoms with Crippen LogP contribution in [-0.4, -0.2) is 68.8 Å². The van der Waals surface area contributed by atoms with E-state index >= 15 is 0 Å². The SMILES string of the molecule is CCC(C)C(N)C(=O)NC(Cc1cnc[nH]1)C(=O)NC(CC(N)=O)C(=O)NC(C(=O)O)C(C)CC. The van der Waals surface area contributed by atoms with Crippen LogP contribution >= 0.6 is 0 Å². The van der Waals surface area contributed by atoms with Gasteiger partial charge < -0.3 is 37.5 Å². The van der Waals surface area contributed by atoms with Gasteiger partial charge in [-0.25, -0.2) is 9.78 Å². The molecule has 9 N–H and O–H groups in total. The fourth-order valence-electron chi connectivity index (χ4n) is 3.23. The highest BCUT2D eigenvalue weighted by Gasteiger charge is 2.33. The van der Waals surface area contributed by atoms with Crippen molar-refractivity contribution in [1.29, 1.82) is 0 Å². The van der Waals surface area contributed by atoms with Crippen LogP contribution in [0, 0.1) is 11.8 Å². The first kappa shape index (κ1) is 29.6. The number of aliphatic carboxylic acids is 1. The number of hydrogen-bond donors (Lipinski definition) is 7. The summed E-state index contributed by atoms with van der Waals surface area (Å²) < 4.78 is 0. The van der Waals surface area contributed by atoms with Gasteiger partial charge in [-0.2, -0.15) is 0 Å². The van der Waals surface area contributed by atoms with E-state index in [9.17, 15) is 29.1 Å². The minimum atomic E-state index is -1.45. The molecule has 0 spiro atoms. The molecule has 1 heterocycles. The highest BCUT2D eigenvalue weighted by Crippen LogP contribution is 2.10. The number of carboxylic acids is 1. The summed E-state index contributed by atoms with van der Waals surface area (Å²) in [5.41, 5.74) is 11.8. The van der Waals surface area contributed by atoms with E-state index in [1.54, 1.807) is 20.8 Å². The number of nitrogens with zero attached hydrogens (tertiary/aromatic N) is 1. The number of rotatable bonds is 15. The molecule has 35 heavy (non-hydrogen) atoms. The lowest BCUT2D eigenvalue weighted by molar-refractivity contribution is -0.144. The Balaban J connectivity index is 3.10. The van der Waals surface area contributed by atoms with E-state index < -0.39 is 66.1 Å². The Morgan fingerprint density at radius 3 is 2.03 bits per heavy atom. The van der Waals surface area contributed by atoms with E-state index in [0.717, 1.165) is 0 Å². The average molecular weight is 496 g/mol. The number of nitrogens with two attached hydrogens (primary N) is 2. The van der Waals surface area contributed by atoms with Gasteiger partial charge in [0.15, 0.2) is 0 Å². The van der Waals surface area contributed by atoms with Gasteiger partial charge in [0, 0.05) is 18.3 Å². The molecule has 196 valence electrons. The third-order valence-electron chi connectivity index (χ3n) is 5.99. The van der Waals surface area contributed by atoms with Crippen LogP contribution in [0.1, 0.15) is 52.7 Å². The Kier molecular flexibility index (Phi) is 11.9. The average Bonchev–Trinajstić information content (AvgIpc) is 3.32. The Labute approximate surface area is 204 Å². The molecule has 13 nitrogen and oxygen atoms in total. The summed E-state index contributed by atoms with van der Waals surface area (Å²) in [4.78, 5) is 68.5. The third-order valence-corrected chi connectivity index (χ3v) is 5.99. The predicted molar refractivity (Wildman–Crippen MR) is 126 cm³/mol. The van der Waals surface area contributed by atoms with Crippen molar-refractivity contribution in [2.24, 2.45) is 23.3 Å². The number of aromatic nitrogens is 2. The zero-order valence-electron chi connectivity index (χ0n) is 20.5. The van der Waals surface area contributed by atoms with Gasteiger partial charge in [0.05, 0.1) is 18.8 Å². The van der Waals surface area contributed by atoms with Crippen molar-refractivity contribution >= 4 is 29.6 Å². The number of carbonyl (C=O) groups excluding carboxylic acids is 4. The van der Waals surface area contributed by atoms with Gasteiger partial charge in [0.2, 0.25) is 23.6 Å². The molecule has 0 aromatic carbocycles. The first-order chi connectivity index (χ1) is 16.4. The maximum atomic E-state index is 13.1. The molecule has 0 radical (unpaired) electrons. The van der Waals surface area contributed by atoms with Crippen LogP contribution in [0.4, 0.5) is 0 Å². The van der Waals surface area contributed by atoms with Gasteiger partial charge in [-0.15, -0.1) is 0 Å². The molecular weight excluding hydrogens is 458 g/mol. The van der Waals surface area contributed by atoms with E-state index in [1.807, 2.05) is 6.92 Å². The number of primary amides is 1. The Hall–Kier alpha value is -3.48. The van der Waals surface area contributed by atoms with Gasteiger partial charge in [0.25, 0.3) is 0 Å². The largest absolute Gasteiger partial charge is 0.480 e.